The number of nitrogens with one attached hydrogen (secondary N) is 1. The van der Waals surface area contributed by atoms with Gasteiger partial charge in [0.05, 0.1) is 17.1 Å². The number of aryl methyl sites for hydroxylation is 1. The van der Waals surface area contributed by atoms with E-state index in [1.165, 1.54) is 5.56 Å². The number of amidine groups is 1. The first kappa shape index (κ1) is 16.9. The number of benzene rings is 1. The first-order chi connectivity index (χ1) is 14.3. The van der Waals surface area contributed by atoms with Crippen LogP contribution in [0.5, 0.6) is 0 Å². The summed E-state index contributed by atoms with van der Waals surface area (Å²) in [5.41, 5.74) is 10.3. The Hall–Kier alpha value is -2.97. The minimum Gasteiger partial charge on any atom is -0.581 e. The van der Waals surface area contributed by atoms with Crippen molar-refractivity contribution in [1.29, 1.82) is 0 Å². The third kappa shape index (κ3) is 2.71. The van der Waals surface area contributed by atoms with Crippen LogP contribution in [0.3, 0.4) is 0 Å². The number of ether oxygens (including phenoxy) is 1. The fourth-order valence-corrected chi connectivity index (χ4v) is 4.42. The number of aliphatic imine (C=N–C) groups is 1. The third-order valence-electron chi connectivity index (χ3n) is 5.99. The molecule has 29 heavy (non-hydrogen) atoms. The number of rotatable bonds is 2. The minimum absolute atomic E-state index is 0.190. The Morgan fingerprint density at radius 1 is 1.21 bits per heavy atom. The number of hydroxylamine groups is 1. The van der Waals surface area contributed by atoms with Gasteiger partial charge < -0.3 is 19.5 Å². The Kier molecular flexibility index (Phi) is 3.82. The molecule has 1 saturated heterocycles. The van der Waals surface area contributed by atoms with Crippen LogP contribution in [0.15, 0.2) is 35.7 Å². The molecular weight excluding hydrogens is 368 g/mol. The van der Waals surface area contributed by atoms with Gasteiger partial charge in [-0.15, -0.1) is 0 Å². The van der Waals surface area contributed by atoms with Crippen LogP contribution in [0.4, 0.5) is 0 Å². The Balaban J connectivity index is 1.43. The third-order valence-corrected chi connectivity index (χ3v) is 5.99. The van der Waals surface area contributed by atoms with E-state index in [1.54, 1.807) is 0 Å². The summed E-state index contributed by atoms with van der Waals surface area (Å²) in [6, 6.07) is 6.39. The predicted molar refractivity (Wildman–Crippen MR) is 106 cm³/mol. The van der Waals surface area contributed by atoms with E-state index in [-0.39, 0.29) is 6.23 Å². The summed E-state index contributed by atoms with van der Waals surface area (Å²) < 4.78 is 7.60. The van der Waals surface area contributed by atoms with Crippen molar-refractivity contribution >= 4 is 5.84 Å². The first-order valence-corrected chi connectivity index (χ1v) is 10.0. The molecule has 0 saturated carbocycles. The van der Waals surface area contributed by atoms with E-state index in [0.29, 0.717) is 18.2 Å². The zero-order chi connectivity index (χ0) is 19.4. The number of imidazole rings is 1. The van der Waals surface area contributed by atoms with E-state index in [1.807, 2.05) is 12.5 Å². The molecule has 1 aromatic carbocycles. The molecule has 3 aliphatic heterocycles. The SMILES string of the molecule is Cc1ccc2c(c1)-c1n[n-]cc1Cc1c(C3=NC(C4CCOCC4)ON3)ncn1-2. The molecule has 8 nitrogen and oxygen atoms in total. The number of hydrogen-bond donors (Lipinski definition) is 1. The van der Waals surface area contributed by atoms with E-state index >= 15 is 0 Å². The van der Waals surface area contributed by atoms with Gasteiger partial charge in [0.25, 0.3) is 0 Å². The van der Waals surface area contributed by atoms with Crippen LogP contribution in [-0.2, 0) is 16.0 Å². The molecule has 1 unspecified atom stereocenters. The molecular formula is C21H21N6O2-. The van der Waals surface area contributed by atoms with Gasteiger partial charge in [-0.05, 0) is 37.5 Å². The first-order valence-electron chi connectivity index (χ1n) is 10.0. The molecule has 0 bridgehead atoms. The van der Waals surface area contributed by atoms with Crippen molar-refractivity contribution in [2.45, 2.75) is 32.4 Å². The molecule has 1 atom stereocenters. The van der Waals surface area contributed by atoms with E-state index in [2.05, 4.69) is 45.4 Å². The van der Waals surface area contributed by atoms with Crippen molar-refractivity contribution in [3.63, 3.8) is 0 Å². The van der Waals surface area contributed by atoms with Gasteiger partial charge in [0.2, 0.25) is 0 Å². The summed E-state index contributed by atoms with van der Waals surface area (Å²) in [4.78, 5) is 15.3. The van der Waals surface area contributed by atoms with Gasteiger partial charge >= 0.3 is 0 Å². The largest absolute Gasteiger partial charge is 0.581 e. The van der Waals surface area contributed by atoms with Crippen LogP contribution in [0.25, 0.3) is 16.9 Å². The lowest BCUT2D eigenvalue weighted by Crippen LogP contribution is -2.28. The van der Waals surface area contributed by atoms with Crippen molar-refractivity contribution in [3.8, 4) is 16.9 Å². The fourth-order valence-electron chi connectivity index (χ4n) is 4.42. The van der Waals surface area contributed by atoms with Gasteiger partial charge in [0.1, 0.15) is 12.0 Å². The van der Waals surface area contributed by atoms with E-state index in [9.17, 15) is 0 Å². The lowest BCUT2D eigenvalue weighted by Gasteiger charge is -2.23. The predicted octanol–water partition coefficient (Wildman–Crippen LogP) is 2.14. The molecule has 0 radical (unpaired) electrons. The van der Waals surface area contributed by atoms with Crippen molar-refractivity contribution < 1.29 is 9.57 Å². The maximum absolute atomic E-state index is 5.81. The summed E-state index contributed by atoms with van der Waals surface area (Å²) in [5.74, 6) is 1.06. The molecule has 1 N–H and O–H groups in total. The van der Waals surface area contributed by atoms with Crippen molar-refractivity contribution in [1.82, 2.24) is 25.2 Å². The molecule has 0 amide bonds. The molecule has 0 spiro atoms. The van der Waals surface area contributed by atoms with Crippen LogP contribution >= 0.6 is 0 Å². The molecule has 1 fully saturated rings. The Labute approximate surface area is 167 Å². The lowest BCUT2D eigenvalue weighted by atomic mass is 9.99. The number of nitrogens with zero attached hydrogens (tertiary/aromatic N) is 5. The summed E-state index contributed by atoms with van der Waals surface area (Å²) in [6.45, 7) is 3.63. The van der Waals surface area contributed by atoms with Gasteiger partial charge in [-0.3, -0.25) is 0 Å². The molecule has 2 aromatic heterocycles. The highest BCUT2D eigenvalue weighted by Crippen LogP contribution is 2.35. The highest BCUT2D eigenvalue weighted by Gasteiger charge is 2.32. The minimum atomic E-state index is -0.190. The van der Waals surface area contributed by atoms with Crippen LogP contribution < -0.4 is 10.6 Å². The van der Waals surface area contributed by atoms with E-state index in [4.69, 9.17) is 19.6 Å². The maximum Gasteiger partial charge on any atom is 0.180 e. The van der Waals surface area contributed by atoms with Gasteiger partial charge in [-0.25, -0.2) is 20.3 Å². The number of fused-ring (bicyclic) bond motifs is 5. The second-order valence-electron chi connectivity index (χ2n) is 7.86. The molecule has 3 aromatic rings. The Bertz CT molecular complexity index is 1110. The molecule has 0 aliphatic carbocycles. The van der Waals surface area contributed by atoms with Gasteiger partial charge in [-0.2, -0.15) is 6.20 Å². The normalized spacial score (nSPS) is 21.0. The van der Waals surface area contributed by atoms with E-state index < -0.39 is 0 Å². The lowest BCUT2D eigenvalue weighted by molar-refractivity contribution is -0.0391. The molecule has 6 rings (SSSR count). The van der Waals surface area contributed by atoms with Crippen LogP contribution in [0.1, 0.15) is 35.4 Å². The molecule has 8 heteroatoms. The number of hydrogen-bond acceptors (Lipinski definition) is 6. The summed E-state index contributed by atoms with van der Waals surface area (Å²) in [5, 5.41) is 8.57. The number of aromatic nitrogens is 4. The standard InChI is InChI=1S/C21H21N6O2/c1-12-2-3-16-15(8-12)18-14(10-23-25-18)9-17-19(22-11-27(16)17)20-24-21(29-26-20)13-4-6-28-7-5-13/h2-3,8,10-11,13,21H,4-7,9H2,1H3,(H-,23,24,25,26)/q-1. The van der Waals surface area contributed by atoms with Gasteiger partial charge in [0.15, 0.2) is 12.1 Å². The summed E-state index contributed by atoms with van der Waals surface area (Å²) >= 11 is 0. The topological polar surface area (TPSA) is 87.7 Å². The van der Waals surface area contributed by atoms with Crippen molar-refractivity contribution in [3.05, 3.63) is 53.2 Å². The Morgan fingerprint density at radius 3 is 3.00 bits per heavy atom. The highest BCUT2D eigenvalue weighted by atomic mass is 16.7. The highest BCUT2D eigenvalue weighted by molar-refractivity contribution is 5.98. The summed E-state index contributed by atoms with van der Waals surface area (Å²) in [7, 11) is 0. The van der Waals surface area contributed by atoms with Crippen molar-refractivity contribution in [2.24, 2.45) is 10.9 Å². The second kappa shape index (κ2) is 6.53. The Morgan fingerprint density at radius 2 is 2.10 bits per heavy atom. The van der Waals surface area contributed by atoms with Gasteiger partial charge in [-0.1, -0.05) is 11.6 Å². The average molecular weight is 389 g/mol. The smallest absolute Gasteiger partial charge is 0.180 e. The summed E-state index contributed by atoms with van der Waals surface area (Å²) in [6.07, 6.45) is 6.14. The van der Waals surface area contributed by atoms with Crippen molar-refractivity contribution in [2.75, 3.05) is 13.2 Å². The van der Waals surface area contributed by atoms with E-state index in [0.717, 1.165) is 60.0 Å². The monoisotopic (exact) mass is 389 g/mol. The molecule has 3 aliphatic rings. The van der Waals surface area contributed by atoms with Gasteiger partial charge in [0, 0.05) is 31.1 Å². The molecule has 148 valence electrons. The zero-order valence-corrected chi connectivity index (χ0v) is 16.1. The fraction of sp³-hybridized carbons (Fsp3) is 0.381. The average Bonchev–Trinajstić information content (AvgIpc) is 3.48. The van der Waals surface area contributed by atoms with Crippen LogP contribution in [0.2, 0.25) is 0 Å². The zero-order valence-electron chi connectivity index (χ0n) is 16.1. The van der Waals surface area contributed by atoms with Crippen LogP contribution in [0, 0.1) is 12.8 Å². The van der Waals surface area contributed by atoms with Crippen LogP contribution in [-0.4, -0.2) is 39.9 Å². The maximum atomic E-state index is 5.81. The quantitative estimate of drug-likeness (QED) is 0.565. The molecule has 5 heterocycles. The second-order valence-corrected chi connectivity index (χ2v) is 7.86.